The van der Waals surface area contributed by atoms with Crippen molar-refractivity contribution in [3.63, 3.8) is 0 Å². The Morgan fingerprint density at radius 1 is 0.462 bits per heavy atom. The third kappa shape index (κ3) is 4.29. The van der Waals surface area contributed by atoms with E-state index in [0.29, 0.717) is 0 Å². The fourth-order valence-corrected chi connectivity index (χ4v) is 4.58. The van der Waals surface area contributed by atoms with E-state index in [2.05, 4.69) is 36.4 Å². The molecule has 0 spiro atoms. The van der Waals surface area contributed by atoms with Crippen LogP contribution in [-0.2, 0) is 10.9 Å². The number of ether oxygens (including phenoxy) is 3. The van der Waals surface area contributed by atoms with Gasteiger partial charge in [-0.25, -0.2) is 0 Å². The van der Waals surface area contributed by atoms with Crippen molar-refractivity contribution in [3.05, 3.63) is 72.8 Å². The molecule has 0 unspecified atom stereocenters. The van der Waals surface area contributed by atoms with E-state index in [4.69, 9.17) is 14.2 Å². The van der Waals surface area contributed by atoms with E-state index in [-0.39, 0.29) is 15.6 Å². The summed E-state index contributed by atoms with van der Waals surface area (Å²) in [5.74, 6) is 2.57. The fraction of sp³-hybridized carbons (Fsp3) is 0.143. The number of rotatable bonds is 6. The predicted molar refractivity (Wildman–Crippen MR) is 101 cm³/mol. The summed E-state index contributed by atoms with van der Waals surface area (Å²) < 4.78 is 15.9. The number of hydrogen-bond acceptors (Lipinski definition) is 3. The summed E-state index contributed by atoms with van der Waals surface area (Å²) in [5.41, 5.74) is 0. The van der Waals surface area contributed by atoms with Crippen molar-refractivity contribution in [2.75, 3.05) is 21.3 Å². The fourth-order valence-electron chi connectivity index (χ4n) is 2.54. The summed E-state index contributed by atoms with van der Waals surface area (Å²) in [7, 11) is 4.83. The molecule has 0 aliphatic rings. The standard InChI is InChI=1S/C21H21O3S.FH/c1-22-16-4-10-19(11-5-16)25(20-12-6-17(23-2)7-13-20)21-14-8-18(24-3)9-15-21;/h4-15H,1-3H3;1H/q+1;/p-1. The number of halogens is 1. The Kier molecular flexibility index (Phi) is 6.92. The minimum atomic E-state index is -0.212. The third-order valence-electron chi connectivity index (χ3n) is 3.89. The second kappa shape index (κ2) is 9.15. The van der Waals surface area contributed by atoms with Crippen LogP contribution in [0.25, 0.3) is 0 Å². The smallest absolute Gasteiger partial charge is 0.166 e. The average Bonchev–Trinajstić information content (AvgIpc) is 2.70. The molecule has 0 saturated carbocycles. The highest BCUT2D eigenvalue weighted by Gasteiger charge is 2.28. The van der Waals surface area contributed by atoms with Crippen molar-refractivity contribution in [3.8, 4) is 17.2 Å². The molecule has 26 heavy (non-hydrogen) atoms. The van der Waals surface area contributed by atoms with Crippen molar-refractivity contribution in [2.45, 2.75) is 14.7 Å². The third-order valence-corrected chi connectivity index (χ3v) is 6.12. The number of benzene rings is 3. The van der Waals surface area contributed by atoms with E-state index in [0.717, 1.165) is 17.2 Å². The molecule has 3 rings (SSSR count). The molecule has 0 aromatic heterocycles. The van der Waals surface area contributed by atoms with Gasteiger partial charge in [0.05, 0.1) is 32.2 Å². The normalized spacial score (nSPS) is 10.2. The summed E-state index contributed by atoms with van der Waals surface area (Å²) in [5, 5.41) is 0. The first-order valence-corrected chi connectivity index (χ1v) is 9.14. The Hall–Kier alpha value is -2.66. The van der Waals surface area contributed by atoms with Crippen LogP contribution >= 0.6 is 0 Å². The molecule has 3 aromatic rings. The van der Waals surface area contributed by atoms with E-state index in [1.54, 1.807) is 21.3 Å². The SMILES string of the molecule is COc1ccc([S+](c2ccc(OC)cc2)c2ccc(OC)cc2)cc1.[F-]. The zero-order valence-electron chi connectivity index (χ0n) is 14.9. The zero-order chi connectivity index (χ0) is 17.6. The molecule has 136 valence electrons. The van der Waals surface area contributed by atoms with Gasteiger partial charge < -0.3 is 18.9 Å². The minimum absolute atomic E-state index is 0. The number of hydrogen-bond donors (Lipinski definition) is 0. The minimum Gasteiger partial charge on any atom is -1.00 e. The van der Waals surface area contributed by atoms with E-state index in [1.807, 2.05) is 36.4 Å². The molecule has 0 amide bonds. The molecular weight excluding hydrogens is 351 g/mol. The van der Waals surface area contributed by atoms with E-state index in [1.165, 1.54) is 14.7 Å². The van der Waals surface area contributed by atoms with Crippen LogP contribution in [-0.4, -0.2) is 21.3 Å². The molecule has 0 bridgehead atoms. The highest BCUT2D eigenvalue weighted by molar-refractivity contribution is 7.97. The summed E-state index contributed by atoms with van der Waals surface area (Å²) >= 11 is 0. The van der Waals surface area contributed by atoms with Crippen molar-refractivity contribution in [1.29, 1.82) is 0 Å². The van der Waals surface area contributed by atoms with Crippen LogP contribution in [0.3, 0.4) is 0 Å². The molecule has 3 aromatic carbocycles. The highest BCUT2D eigenvalue weighted by Crippen LogP contribution is 2.33. The lowest BCUT2D eigenvalue weighted by atomic mass is 10.3. The molecule has 0 heterocycles. The maximum absolute atomic E-state index is 5.29. The Morgan fingerprint density at radius 2 is 0.692 bits per heavy atom. The van der Waals surface area contributed by atoms with Gasteiger partial charge in [0.2, 0.25) is 0 Å². The molecule has 0 fully saturated rings. The second-order valence-electron chi connectivity index (χ2n) is 5.33. The summed E-state index contributed by atoms with van der Waals surface area (Å²) in [6.07, 6.45) is 0. The van der Waals surface area contributed by atoms with Crippen LogP contribution in [0.1, 0.15) is 0 Å². The summed E-state index contributed by atoms with van der Waals surface area (Å²) in [6, 6.07) is 24.7. The first-order valence-electron chi connectivity index (χ1n) is 7.91. The van der Waals surface area contributed by atoms with E-state index in [9.17, 15) is 0 Å². The Morgan fingerprint density at radius 3 is 0.885 bits per heavy atom. The van der Waals surface area contributed by atoms with Crippen LogP contribution in [0, 0.1) is 0 Å². The maximum Gasteiger partial charge on any atom is 0.166 e. The summed E-state index contributed by atoms with van der Waals surface area (Å²) in [4.78, 5) is 3.70. The lowest BCUT2D eigenvalue weighted by Crippen LogP contribution is -3.00. The molecule has 0 N–H and O–H groups in total. The molecule has 0 atom stereocenters. The lowest BCUT2D eigenvalue weighted by molar-refractivity contribution is -0.00000597. The van der Waals surface area contributed by atoms with Gasteiger partial charge in [-0.15, -0.1) is 0 Å². The van der Waals surface area contributed by atoms with Crippen LogP contribution in [0.4, 0.5) is 0 Å². The molecule has 0 saturated heterocycles. The van der Waals surface area contributed by atoms with Gasteiger partial charge in [-0.05, 0) is 72.8 Å². The summed E-state index contributed by atoms with van der Waals surface area (Å²) in [6.45, 7) is 0. The van der Waals surface area contributed by atoms with E-state index >= 15 is 0 Å². The van der Waals surface area contributed by atoms with Gasteiger partial charge in [0.25, 0.3) is 0 Å². The second-order valence-corrected chi connectivity index (χ2v) is 7.36. The van der Waals surface area contributed by atoms with Gasteiger partial charge >= 0.3 is 0 Å². The molecule has 0 radical (unpaired) electrons. The van der Waals surface area contributed by atoms with Gasteiger partial charge in [-0.3, -0.25) is 0 Å². The van der Waals surface area contributed by atoms with Gasteiger partial charge in [-0.1, -0.05) is 0 Å². The molecular formula is C21H21FO3S. The highest BCUT2D eigenvalue weighted by atomic mass is 32.2. The average molecular weight is 372 g/mol. The van der Waals surface area contributed by atoms with Crippen LogP contribution in [0.15, 0.2) is 87.5 Å². The quantitative estimate of drug-likeness (QED) is 0.618. The van der Waals surface area contributed by atoms with Gasteiger partial charge in [0, 0.05) is 0 Å². The van der Waals surface area contributed by atoms with E-state index < -0.39 is 0 Å². The van der Waals surface area contributed by atoms with Gasteiger partial charge in [0.1, 0.15) is 17.2 Å². The number of methoxy groups -OCH3 is 3. The Balaban J connectivity index is 0.00000243. The van der Waals surface area contributed by atoms with Crippen molar-refractivity contribution in [1.82, 2.24) is 0 Å². The largest absolute Gasteiger partial charge is 1.00 e. The lowest BCUT2D eigenvalue weighted by Gasteiger charge is -2.10. The van der Waals surface area contributed by atoms with Gasteiger partial charge in [-0.2, -0.15) is 0 Å². The topological polar surface area (TPSA) is 27.7 Å². The molecule has 5 heteroatoms. The predicted octanol–water partition coefficient (Wildman–Crippen LogP) is 1.81. The Bertz CT molecular complexity index is 689. The van der Waals surface area contributed by atoms with Crippen molar-refractivity contribution in [2.24, 2.45) is 0 Å². The molecule has 0 aliphatic heterocycles. The zero-order valence-corrected chi connectivity index (χ0v) is 15.8. The van der Waals surface area contributed by atoms with Crippen molar-refractivity contribution >= 4 is 10.9 Å². The van der Waals surface area contributed by atoms with Crippen LogP contribution in [0.2, 0.25) is 0 Å². The van der Waals surface area contributed by atoms with Gasteiger partial charge in [0.15, 0.2) is 14.7 Å². The van der Waals surface area contributed by atoms with Crippen molar-refractivity contribution < 1.29 is 18.9 Å². The Labute approximate surface area is 156 Å². The van der Waals surface area contributed by atoms with Crippen LogP contribution in [0.5, 0.6) is 17.2 Å². The molecule has 0 aliphatic carbocycles. The first kappa shape index (κ1) is 19.7. The molecule has 3 nitrogen and oxygen atoms in total. The van der Waals surface area contributed by atoms with Crippen LogP contribution < -0.4 is 18.9 Å². The first-order chi connectivity index (χ1) is 12.2. The maximum atomic E-state index is 5.29. The monoisotopic (exact) mass is 372 g/mol.